The highest BCUT2D eigenvalue weighted by atomic mass is 32.2. The van der Waals surface area contributed by atoms with Gasteiger partial charge in [-0.1, -0.05) is 57.2 Å². The number of hydrogen-bond acceptors (Lipinski definition) is 5. The van der Waals surface area contributed by atoms with Crippen LogP contribution in [-0.4, -0.2) is 40.3 Å². The van der Waals surface area contributed by atoms with Crippen molar-refractivity contribution in [3.63, 3.8) is 0 Å². The highest BCUT2D eigenvalue weighted by molar-refractivity contribution is 7.90. The highest BCUT2D eigenvalue weighted by Gasteiger charge is 2.17. The van der Waals surface area contributed by atoms with Crippen molar-refractivity contribution in [2.45, 2.75) is 37.6 Å². The van der Waals surface area contributed by atoms with E-state index in [0.717, 1.165) is 39.3 Å². The van der Waals surface area contributed by atoms with Crippen LogP contribution in [0.25, 0.3) is 28.0 Å². The summed E-state index contributed by atoms with van der Waals surface area (Å²) in [5.74, 6) is 0.481. The molecule has 3 aromatic heterocycles. The van der Waals surface area contributed by atoms with Gasteiger partial charge in [-0.2, -0.15) is 5.10 Å². The van der Waals surface area contributed by atoms with Gasteiger partial charge in [-0.3, -0.25) is 14.8 Å². The molecule has 0 unspecified atom stereocenters. The van der Waals surface area contributed by atoms with E-state index in [4.69, 9.17) is 0 Å². The topological polar surface area (TPSA) is 121 Å². The van der Waals surface area contributed by atoms with Gasteiger partial charge in [0.05, 0.1) is 16.8 Å². The van der Waals surface area contributed by atoms with Crippen molar-refractivity contribution in [2.24, 2.45) is 0 Å². The maximum absolute atomic E-state index is 12.3. The Balaban J connectivity index is 1.24. The molecule has 3 heterocycles. The predicted molar refractivity (Wildman–Crippen MR) is 152 cm³/mol. The number of fused-ring (bicyclic) bond motifs is 1. The third kappa shape index (κ3) is 5.85. The van der Waals surface area contributed by atoms with Gasteiger partial charge < -0.3 is 5.32 Å². The Labute approximate surface area is 227 Å². The second kappa shape index (κ2) is 10.0. The van der Waals surface area contributed by atoms with Crippen LogP contribution in [-0.2, 0) is 21.8 Å². The molecule has 39 heavy (non-hydrogen) atoms. The molecule has 10 heteroatoms. The van der Waals surface area contributed by atoms with Gasteiger partial charge in [-0.15, -0.1) is 0 Å². The number of carbonyl (C=O) groups is 1. The number of rotatable bonds is 6. The molecule has 0 atom stereocenters. The Hall–Kier alpha value is -4.44. The van der Waals surface area contributed by atoms with Crippen LogP contribution in [0, 0.1) is 0 Å². The number of pyridine rings is 1. The van der Waals surface area contributed by atoms with Crippen molar-refractivity contribution in [1.29, 1.82) is 0 Å². The minimum absolute atomic E-state index is 0.0811. The third-order valence-electron chi connectivity index (χ3n) is 6.46. The van der Waals surface area contributed by atoms with E-state index < -0.39 is 9.84 Å². The Kier molecular flexibility index (Phi) is 6.73. The first-order valence-corrected chi connectivity index (χ1v) is 14.3. The number of benzene rings is 2. The first-order chi connectivity index (χ1) is 18.5. The predicted octanol–water partition coefficient (Wildman–Crippen LogP) is 5.41. The van der Waals surface area contributed by atoms with Crippen LogP contribution >= 0.6 is 0 Å². The Morgan fingerprint density at radius 2 is 1.64 bits per heavy atom. The second-order valence-electron chi connectivity index (χ2n) is 10.5. The number of hydrogen-bond donors (Lipinski definition) is 3. The van der Waals surface area contributed by atoms with Crippen molar-refractivity contribution in [1.82, 2.24) is 24.9 Å². The van der Waals surface area contributed by atoms with E-state index in [2.05, 4.69) is 46.6 Å². The van der Waals surface area contributed by atoms with Gasteiger partial charge in [0.15, 0.2) is 15.7 Å². The van der Waals surface area contributed by atoms with Crippen molar-refractivity contribution < 1.29 is 13.2 Å². The maximum atomic E-state index is 12.3. The number of nitrogens with one attached hydrogen (secondary N) is 3. The van der Waals surface area contributed by atoms with E-state index in [1.165, 1.54) is 6.26 Å². The first kappa shape index (κ1) is 26.2. The number of urea groups is 1. The lowest BCUT2D eigenvalue weighted by molar-refractivity contribution is 0.251. The summed E-state index contributed by atoms with van der Waals surface area (Å²) in [6, 6.07) is 20.2. The van der Waals surface area contributed by atoms with E-state index >= 15 is 0 Å². The lowest BCUT2D eigenvalue weighted by Crippen LogP contribution is -2.28. The summed E-state index contributed by atoms with van der Waals surface area (Å²) in [6.45, 7) is 6.59. The monoisotopic (exact) mass is 542 g/mol. The number of carbonyl (C=O) groups excluding carboxylic acids is 1. The summed E-state index contributed by atoms with van der Waals surface area (Å²) in [7, 11) is -3.24. The molecule has 0 saturated carbocycles. The number of sulfone groups is 1. The Morgan fingerprint density at radius 1 is 0.949 bits per heavy atom. The van der Waals surface area contributed by atoms with Gasteiger partial charge in [0.2, 0.25) is 0 Å². The number of H-pyrrole nitrogens is 1. The smallest absolute Gasteiger partial charge is 0.320 e. The zero-order valence-corrected chi connectivity index (χ0v) is 23.0. The van der Waals surface area contributed by atoms with Gasteiger partial charge in [0.25, 0.3) is 0 Å². The molecule has 2 aromatic carbocycles. The van der Waals surface area contributed by atoms with E-state index in [9.17, 15) is 13.2 Å². The molecule has 0 aliphatic carbocycles. The summed E-state index contributed by atoms with van der Waals surface area (Å²) in [4.78, 5) is 17.2. The Morgan fingerprint density at radius 3 is 2.28 bits per heavy atom. The summed E-state index contributed by atoms with van der Waals surface area (Å²) < 4.78 is 25.5. The molecule has 200 valence electrons. The zero-order valence-electron chi connectivity index (χ0n) is 22.2. The normalized spacial score (nSPS) is 12.0. The molecule has 9 nitrogen and oxygen atoms in total. The van der Waals surface area contributed by atoms with Crippen LogP contribution < -0.4 is 10.6 Å². The van der Waals surface area contributed by atoms with Crippen LogP contribution in [0.3, 0.4) is 0 Å². The Bertz CT molecular complexity index is 1750. The van der Waals surface area contributed by atoms with Crippen molar-refractivity contribution >= 4 is 27.3 Å². The number of amides is 2. The first-order valence-electron chi connectivity index (χ1n) is 12.4. The molecule has 5 rings (SSSR count). The SMILES string of the molecule is CC(C)(C)c1cc(NC(=O)NCc2ccc(-c3cnc4cc(-c5ccc(S(C)(=O)=O)cc5)ccn34)cc2)n[nH]1. The van der Waals surface area contributed by atoms with E-state index in [1.807, 2.05) is 59.3 Å². The van der Waals surface area contributed by atoms with Gasteiger partial charge >= 0.3 is 6.03 Å². The van der Waals surface area contributed by atoms with E-state index in [0.29, 0.717) is 17.3 Å². The van der Waals surface area contributed by atoms with Crippen molar-refractivity contribution in [3.05, 3.63) is 90.4 Å². The third-order valence-corrected chi connectivity index (χ3v) is 7.59. The number of aromatic nitrogens is 4. The average Bonchev–Trinajstić information content (AvgIpc) is 3.54. The highest BCUT2D eigenvalue weighted by Crippen LogP contribution is 2.26. The molecule has 0 aliphatic heterocycles. The molecule has 0 fully saturated rings. The summed E-state index contributed by atoms with van der Waals surface area (Å²) >= 11 is 0. The van der Waals surface area contributed by atoms with Gasteiger partial charge in [0, 0.05) is 41.7 Å². The summed E-state index contributed by atoms with van der Waals surface area (Å²) in [5.41, 5.74) is 6.40. The van der Waals surface area contributed by atoms with E-state index in [1.54, 1.807) is 24.3 Å². The minimum atomic E-state index is -3.24. The largest absolute Gasteiger partial charge is 0.334 e. The lowest BCUT2D eigenvalue weighted by Gasteiger charge is -2.14. The molecular formula is C29H30N6O3S. The number of anilines is 1. The fourth-order valence-corrected chi connectivity index (χ4v) is 4.81. The molecule has 0 aliphatic rings. The van der Waals surface area contributed by atoms with Crippen LogP contribution in [0.1, 0.15) is 32.0 Å². The zero-order chi connectivity index (χ0) is 27.8. The van der Waals surface area contributed by atoms with Crippen LogP contribution in [0.2, 0.25) is 0 Å². The fourth-order valence-electron chi connectivity index (χ4n) is 4.17. The van der Waals surface area contributed by atoms with Crippen LogP contribution in [0.5, 0.6) is 0 Å². The summed E-state index contributed by atoms with van der Waals surface area (Å²) in [6.07, 6.45) is 4.98. The molecule has 0 radical (unpaired) electrons. The molecule has 3 N–H and O–H groups in total. The molecular weight excluding hydrogens is 512 g/mol. The molecule has 0 bridgehead atoms. The molecule has 2 amide bonds. The number of nitrogens with zero attached hydrogens (tertiary/aromatic N) is 3. The molecule has 5 aromatic rings. The average molecular weight is 543 g/mol. The number of imidazole rings is 1. The van der Waals surface area contributed by atoms with Gasteiger partial charge in [-0.25, -0.2) is 18.2 Å². The minimum Gasteiger partial charge on any atom is -0.334 e. The van der Waals surface area contributed by atoms with Gasteiger partial charge in [-0.05, 0) is 41.0 Å². The maximum Gasteiger partial charge on any atom is 0.320 e. The molecule has 0 saturated heterocycles. The van der Waals surface area contributed by atoms with Crippen LogP contribution in [0.4, 0.5) is 10.6 Å². The standard InChI is InChI=1S/C29H30N6O3S/c1-29(2,3)25-16-26(34-33-25)32-28(36)31-17-19-5-7-21(8-6-19)24-18-30-27-15-22(13-14-35(24)27)20-9-11-23(12-10-20)39(4,37)38/h5-16,18H,17H2,1-4H3,(H3,31,32,33,34,36). The summed E-state index contributed by atoms with van der Waals surface area (Å²) in [5, 5.41) is 12.7. The van der Waals surface area contributed by atoms with Gasteiger partial charge in [0.1, 0.15) is 5.65 Å². The van der Waals surface area contributed by atoms with E-state index in [-0.39, 0.29) is 11.4 Å². The molecule has 0 spiro atoms. The second-order valence-corrected chi connectivity index (χ2v) is 12.5. The van der Waals surface area contributed by atoms with Crippen LogP contribution in [0.15, 0.2) is 84.0 Å². The van der Waals surface area contributed by atoms with Crippen molar-refractivity contribution in [3.8, 4) is 22.4 Å². The number of aromatic amines is 1. The quantitative estimate of drug-likeness (QED) is 0.265. The lowest BCUT2D eigenvalue weighted by atomic mass is 9.92. The fraction of sp³-hybridized carbons (Fsp3) is 0.207. The van der Waals surface area contributed by atoms with Crippen molar-refractivity contribution in [2.75, 3.05) is 11.6 Å².